The summed E-state index contributed by atoms with van der Waals surface area (Å²) in [7, 11) is 0. The van der Waals surface area contributed by atoms with Gasteiger partial charge < -0.3 is 10.0 Å². The van der Waals surface area contributed by atoms with Crippen molar-refractivity contribution >= 4 is 40.1 Å². The number of likely N-dealkylation sites (tertiary alicyclic amines) is 1. The Hall–Kier alpha value is -0.490. The van der Waals surface area contributed by atoms with Gasteiger partial charge >= 0.3 is 0 Å². The van der Waals surface area contributed by atoms with E-state index in [1.807, 2.05) is 27.5 Å². The lowest BCUT2D eigenvalue weighted by molar-refractivity contribution is 0.0684. The normalized spacial score (nSPS) is 19.9. The molecular formula is C13H15ClINO2. The minimum absolute atomic E-state index is 0.0171. The number of benzene rings is 1. The highest BCUT2D eigenvalue weighted by Crippen LogP contribution is 2.23. The Bertz CT molecular complexity index is 453. The molecule has 1 aromatic carbocycles. The minimum atomic E-state index is -0.0171. The van der Waals surface area contributed by atoms with Crippen molar-refractivity contribution in [2.45, 2.75) is 12.8 Å². The molecule has 2 rings (SSSR count). The van der Waals surface area contributed by atoms with Crippen LogP contribution in [0.5, 0.6) is 5.75 Å². The zero-order valence-corrected chi connectivity index (χ0v) is 12.8. The van der Waals surface area contributed by atoms with Crippen LogP contribution in [0.1, 0.15) is 23.2 Å². The van der Waals surface area contributed by atoms with Gasteiger partial charge in [-0.15, -0.1) is 11.6 Å². The summed E-state index contributed by atoms with van der Waals surface area (Å²) in [6.45, 7) is 1.49. The van der Waals surface area contributed by atoms with Crippen LogP contribution < -0.4 is 0 Å². The molecule has 1 amide bonds. The van der Waals surface area contributed by atoms with Gasteiger partial charge in [-0.3, -0.25) is 4.79 Å². The van der Waals surface area contributed by atoms with Crippen LogP contribution in [-0.2, 0) is 0 Å². The molecule has 3 nitrogen and oxygen atoms in total. The molecule has 0 saturated carbocycles. The smallest absolute Gasteiger partial charge is 0.253 e. The van der Waals surface area contributed by atoms with Gasteiger partial charge in [-0.2, -0.15) is 0 Å². The highest BCUT2D eigenvalue weighted by Gasteiger charge is 2.24. The summed E-state index contributed by atoms with van der Waals surface area (Å²) in [6, 6.07) is 5.05. The molecule has 1 heterocycles. The topological polar surface area (TPSA) is 40.5 Å². The predicted octanol–water partition coefficient (Wildman–Crippen LogP) is 3.09. The lowest BCUT2D eigenvalue weighted by Crippen LogP contribution is -2.40. The van der Waals surface area contributed by atoms with E-state index in [0.29, 0.717) is 17.4 Å². The number of nitrogens with zero attached hydrogens (tertiary/aromatic N) is 1. The average molecular weight is 380 g/mol. The number of carbonyl (C=O) groups excluding carboxylic acids is 1. The third-order valence-electron chi connectivity index (χ3n) is 3.22. The van der Waals surface area contributed by atoms with Crippen LogP contribution in [0.3, 0.4) is 0 Å². The number of phenolic OH excluding ortho intramolecular Hbond substituents is 1. The first-order valence-corrected chi connectivity index (χ1v) is 7.57. The second-order valence-electron chi connectivity index (χ2n) is 4.58. The summed E-state index contributed by atoms with van der Waals surface area (Å²) in [5, 5.41) is 9.65. The van der Waals surface area contributed by atoms with Crippen LogP contribution in [0.15, 0.2) is 18.2 Å². The van der Waals surface area contributed by atoms with Crippen LogP contribution in [0.4, 0.5) is 0 Å². The number of phenols is 1. The molecule has 1 aliphatic rings. The molecule has 0 aromatic heterocycles. The quantitative estimate of drug-likeness (QED) is 0.634. The van der Waals surface area contributed by atoms with E-state index < -0.39 is 0 Å². The Morgan fingerprint density at radius 3 is 3.00 bits per heavy atom. The van der Waals surface area contributed by atoms with E-state index in [1.54, 1.807) is 12.1 Å². The van der Waals surface area contributed by atoms with Crippen LogP contribution in [0, 0.1) is 9.49 Å². The number of hydrogen-bond acceptors (Lipinski definition) is 2. The molecule has 0 bridgehead atoms. The molecule has 1 unspecified atom stereocenters. The standard InChI is InChI=1S/C13H15ClINO2/c14-7-9-2-1-5-16(8-9)13(18)10-3-4-11(15)12(17)6-10/h3-4,6,9,17H,1-2,5,7-8H2. The fraction of sp³-hybridized carbons (Fsp3) is 0.462. The van der Waals surface area contributed by atoms with Gasteiger partial charge in [0.1, 0.15) is 5.75 Å². The maximum absolute atomic E-state index is 12.3. The molecular weight excluding hydrogens is 365 g/mol. The first-order valence-electron chi connectivity index (χ1n) is 5.95. The third kappa shape index (κ3) is 3.09. The Balaban J connectivity index is 2.12. The van der Waals surface area contributed by atoms with Gasteiger partial charge in [0.15, 0.2) is 0 Å². The second kappa shape index (κ2) is 6.10. The van der Waals surface area contributed by atoms with Gasteiger partial charge in [0, 0.05) is 24.5 Å². The van der Waals surface area contributed by atoms with Gasteiger partial charge in [-0.25, -0.2) is 0 Å². The van der Waals surface area contributed by atoms with Gasteiger partial charge in [0.25, 0.3) is 5.91 Å². The Morgan fingerprint density at radius 1 is 1.56 bits per heavy atom. The lowest BCUT2D eigenvalue weighted by Gasteiger charge is -2.31. The molecule has 0 radical (unpaired) electrons. The number of halogens is 2. The van der Waals surface area contributed by atoms with Gasteiger partial charge in [0.05, 0.1) is 3.57 Å². The van der Waals surface area contributed by atoms with Crippen LogP contribution in [0.2, 0.25) is 0 Å². The van der Waals surface area contributed by atoms with Crippen molar-refractivity contribution in [3.8, 4) is 5.75 Å². The molecule has 18 heavy (non-hydrogen) atoms. The van der Waals surface area contributed by atoms with E-state index >= 15 is 0 Å². The van der Waals surface area contributed by atoms with Crippen molar-refractivity contribution in [2.75, 3.05) is 19.0 Å². The van der Waals surface area contributed by atoms with Crippen molar-refractivity contribution in [1.82, 2.24) is 4.90 Å². The summed E-state index contributed by atoms with van der Waals surface area (Å²) in [4.78, 5) is 14.1. The molecule has 1 saturated heterocycles. The number of alkyl halides is 1. The number of carbonyl (C=O) groups is 1. The first-order chi connectivity index (χ1) is 8.61. The van der Waals surface area contributed by atoms with E-state index in [4.69, 9.17) is 11.6 Å². The Kier molecular flexibility index (Phi) is 4.72. The van der Waals surface area contributed by atoms with Crippen molar-refractivity contribution in [3.05, 3.63) is 27.3 Å². The fourth-order valence-corrected chi connectivity index (χ4v) is 2.79. The number of rotatable bonds is 2. The summed E-state index contributed by atoms with van der Waals surface area (Å²) in [5.41, 5.74) is 0.545. The Labute approximate surface area is 125 Å². The van der Waals surface area contributed by atoms with Gasteiger partial charge in [-0.05, 0) is 59.5 Å². The van der Waals surface area contributed by atoms with Crippen molar-refractivity contribution in [2.24, 2.45) is 5.92 Å². The summed E-state index contributed by atoms with van der Waals surface area (Å²) in [5.74, 6) is 1.13. The van der Waals surface area contributed by atoms with E-state index in [1.165, 1.54) is 6.07 Å². The molecule has 1 aliphatic heterocycles. The minimum Gasteiger partial charge on any atom is -0.507 e. The molecule has 1 atom stereocenters. The molecule has 0 aliphatic carbocycles. The maximum atomic E-state index is 12.3. The van der Waals surface area contributed by atoms with Crippen molar-refractivity contribution in [1.29, 1.82) is 0 Å². The van der Waals surface area contributed by atoms with Crippen LogP contribution in [-0.4, -0.2) is 34.9 Å². The third-order valence-corrected chi connectivity index (χ3v) is 4.57. The number of aromatic hydroxyl groups is 1. The van der Waals surface area contributed by atoms with E-state index in [9.17, 15) is 9.90 Å². The molecule has 0 spiro atoms. The molecule has 1 fully saturated rings. The predicted molar refractivity (Wildman–Crippen MR) is 80.2 cm³/mol. The SMILES string of the molecule is O=C(c1ccc(I)c(O)c1)N1CCCC(CCl)C1. The summed E-state index contributed by atoms with van der Waals surface area (Å²) < 4.78 is 0.751. The molecule has 5 heteroatoms. The van der Waals surface area contributed by atoms with Gasteiger partial charge in [-0.1, -0.05) is 0 Å². The summed E-state index contributed by atoms with van der Waals surface area (Å²) >= 11 is 7.90. The lowest BCUT2D eigenvalue weighted by atomic mass is 9.99. The number of amides is 1. The van der Waals surface area contributed by atoms with Crippen LogP contribution >= 0.6 is 34.2 Å². The van der Waals surface area contributed by atoms with E-state index in [0.717, 1.165) is 29.5 Å². The van der Waals surface area contributed by atoms with Crippen molar-refractivity contribution in [3.63, 3.8) is 0 Å². The maximum Gasteiger partial charge on any atom is 0.253 e. The number of hydrogen-bond donors (Lipinski definition) is 1. The zero-order chi connectivity index (χ0) is 13.1. The van der Waals surface area contributed by atoms with Gasteiger partial charge in [0.2, 0.25) is 0 Å². The van der Waals surface area contributed by atoms with E-state index in [2.05, 4.69) is 0 Å². The molecule has 98 valence electrons. The highest BCUT2D eigenvalue weighted by atomic mass is 127. The van der Waals surface area contributed by atoms with Crippen molar-refractivity contribution < 1.29 is 9.90 Å². The fourth-order valence-electron chi connectivity index (χ4n) is 2.20. The van der Waals surface area contributed by atoms with Crippen LogP contribution in [0.25, 0.3) is 0 Å². The number of piperidine rings is 1. The zero-order valence-electron chi connectivity index (χ0n) is 9.90. The average Bonchev–Trinajstić information content (AvgIpc) is 2.41. The highest BCUT2D eigenvalue weighted by molar-refractivity contribution is 14.1. The second-order valence-corrected chi connectivity index (χ2v) is 6.05. The van der Waals surface area contributed by atoms with E-state index in [-0.39, 0.29) is 11.7 Å². The Morgan fingerprint density at radius 2 is 2.33 bits per heavy atom. The largest absolute Gasteiger partial charge is 0.507 e. The monoisotopic (exact) mass is 379 g/mol. The molecule has 1 aromatic rings. The molecule has 1 N–H and O–H groups in total. The summed E-state index contributed by atoms with van der Waals surface area (Å²) in [6.07, 6.45) is 2.09. The first kappa shape index (κ1) is 13.9.